The molecule has 1 saturated carbocycles. The van der Waals surface area contributed by atoms with Crippen LogP contribution in [0.1, 0.15) is 60.1 Å². The van der Waals surface area contributed by atoms with Crippen molar-refractivity contribution >= 4 is 5.91 Å². The van der Waals surface area contributed by atoms with Crippen molar-refractivity contribution in [2.75, 3.05) is 13.1 Å². The van der Waals surface area contributed by atoms with Gasteiger partial charge in [-0.3, -0.25) is 9.89 Å². The Morgan fingerprint density at radius 1 is 1.29 bits per heavy atom. The molecule has 1 N–H and O–H groups in total. The maximum atomic E-state index is 13.0. The Balaban J connectivity index is 1.29. The topological polar surface area (TPSA) is 82.0 Å². The largest absolute Gasteiger partial charge is 0.369 e. The van der Waals surface area contributed by atoms with E-state index < -0.39 is 5.41 Å². The lowest BCUT2D eigenvalue weighted by Gasteiger charge is -2.62. The van der Waals surface area contributed by atoms with E-state index in [9.17, 15) is 10.1 Å². The summed E-state index contributed by atoms with van der Waals surface area (Å²) in [7, 11) is 0. The molecule has 2 aliphatic heterocycles. The first kappa shape index (κ1) is 17.4. The molecule has 0 radical (unpaired) electrons. The minimum Gasteiger partial charge on any atom is -0.369 e. The molecule has 2 atom stereocenters. The highest BCUT2D eigenvalue weighted by molar-refractivity contribution is 5.94. The van der Waals surface area contributed by atoms with Gasteiger partial charge in [-0.1, -0.05) is 30.3 Å². The van der Waals surface area contributed by atoms with Gasteiger partial charge in [0.1, 0.15) is 0 Å². The number of amides is 1. The van der Waals surface area contributed by atoms with E-state index in [2.05, 4.69) is 16.3 Å². The second kappa shape index (κ2) is 5.92. The van der Waals surface area contributed by atoms with E-state index in [-0.39, 0.29) is 23.5 Å². The highest BCUT2D eigenvalue weighted by Gasteiger charge is 2.62. The fraction of sp³-hybridized carbons (Fsp3) is 0.500. The van der Waals surface area contributed by atoms with Crippen LogP contribution in [-0.4, -0.2) is 40.2 Å². The summed E-state index contributed by atoms with van der Waals surface area (Å²) < 4.78 is 5.82. The Morgan fingerprint density at radius 2 is 2.00 bits per heavy atom. The van der Waals surface area contributed by atoms with Crippen molar-refractivity contribution in [2.45, 2.75) is 50.7 Å². The van der Waals surface area contributed by atoms with Gasteiger partial charge in [0.05, 0.1) is 29.4 Å². The second-order valence-electron chi connectivity index (χ2n) is 8.83. The molecule has 0 bridgehead atoms. The number of hydrogen-bond donors (Lipinski definition) is 1. The van der Waals surface area contributed by atoms with E-state index in [1.807, 2.05) is 49.1 Å². The zero-order valence-electron chi connectivity index (χ0n) is 16.2. The number of carbonyl (C=O) groups is 1. The summed E-state index contributed by atoms with van der Waals surface area (Å²) in [6.07, 6.45) is 2.38. The lowest BCUT2D eigenvalue weighted by molar-refractivity contribution is -0.0756. The number of benzene rings is 1. The number of ether oxygens (including phenoxy) is 1. The molecule has 2 aromatic rings. The first-order valence-corrected chi connectivity index (χ1v) is 9.94. The van der Waals surface area contributed by atoms with Crippen LogP contribution in [0.25, 0.3) is 0 Å². The number of H-pyrrole nitrogens is 1. The van der Waals surface area contributed by atoms with Crippen LogP contribution in [0, 0.1) is 16.7 Å². The summed E-state index contributed by atoms with van der Waals surface area (Å²) in [5.41, 5.74) is 3.25. The molecule has 1 saturated heterocycles. The summed E-state index contributed by atoms with van der Waals surface area (Å²) in [6.45, 7) is 5.44. The number of nitrogens with zero attached hydrogens (tertiary/aromatic N) is 3. The van der Waals surface area contributed by atoms with E-state index in [1.54, 1.807) is 0 Å². The monoisotopic (exact) mass is 376 g/mol. The molecule has 2 fully saturated rings. The standard InChI is InChI=1S/C22H24N4O2/c1-14-8-17-18(15(2)28-14)24-25-19(17)20(27)26-12-21(13-26)9-22(10-21,11-23)16-6-4-3-5-7-16/h3-7,14-15H,8-10,12-13H2,1-2H3,(H,24,25)/t14-,15+/m1/s1. The maximum absolute atomic E-state index is 13.0. The van der Waals surface area contributed by atoms with Gasteiger partial charge in [-0.25, -0.2) is 0 Å². The van der Waals surface area contributed by atoms with Crippen molar-refractivity contribution < 1.29 is 9.53 Å². The number of aromatic nitrogens is 2. The van der Waals surface area contributed by atoms with Crippen LogP contribution >= 0.6 is 0 Å². The highest BCUT2D eigenvalue weighted by Crippen LogP contribution is 2.59. The van der Waals surface area contributed by atoms with Gasteiger partial charge in [-0.05, 0) is 32.3 Å². The van der Waals surface area contributed by atoms with E-state index in [4.69, 9.17) is 4.74 Å². The smallest absolute Gasteiger partial charge is 0.274 e. The zero-order valence-corrected chi connectivity index (χ0v) is 16.2. The van der Waals surface area contributed by atoms with E-state index in [1.165, 1.54) is 0 Å². The number of hydrogen-bond acceptors (Lipinski definition) is 4. The van der Waals surface area contributed by atoms with Crippen molar-refractivity contribution in [2.24, 2.45) is 5.41 Å². The summed E-state index contributed by atoms with van der Waals surface area (Å²) >= 11 is 0. The van der Waals surface area contributed by atoms with Crippen LogP contribution in [0.15, 0.2) is 30.3 Å². The van der Waals surface area contributed by atoms with Gasteiger partial charge < -0.3 is 9.64 Å². The molecule has 1 spiro atoms. The van der Waals surface area contributed by atoms with E-state index in [0.717, 1.165) is 29.7 Å². The number of carbonyl (C=O) groups excluding carboxylic acids is 1. The molecular formula is C22H24N4O2. The normalized spacial score (nSPS) is 26.7. The molecule has 3 heterocycles. The Hall–Kier alpha value is -2.65. The number of rotatable bonds is 2. The van der Waals surface area contributed by atoms with Crippen LogP contribution in [0.5, 0.6) is 0 Å². The molecule has 6 heteroatoms. The first-order valence-electron chi connectivity index (χ1n) is 9.94. The minimum atomic E-state index is -0.399. The highest BCUT2D eigenvalue weighted by atomic mass is 16.5. The lowest BCUT2D eigenvalue weighted by Crippen LogP contribution is -2.67. The van der Waals surface area contributed by atoms with Crippen molar-refractivity contribution in [1.82, 2.24) is 15.1 Å². The van der Waals surface area contributed by atoms with Gasteiger partial charge in [0.2, 0.25) is 0 Å². The average Bonchev–Trinajstić information content (AvgIpc) is 3.05. The van der Waals surface area contributed by atoms with Crippen LogP contribution in [0.2, 0.25) is 0 Å². The summed E-state index contributed by atoms with van der Waals surface area (Å²) in [4.78, 5) is 14.9. The van der Waals surface area contributed by atoms with Crippen molar-refractivity contribution in [3.63, 3.8) is 0 Å². The number of likely N-dealkylation sites (tertiary alicyclic amines) is 1. The number of nitriles is 1. The SMILES string of the molecule is C[C@@H]1Cc2c(C(=O)N3CC4(C3)CC(C#N)(c3ccccc3)C4)n[nH]c2[C@H](C)O1. The predicted octanol–water partition coefficient (Wildman–Crippen LogP) is 3.13. The number of fused-ring (bicyclic) bond motifs is 1. The Kier molecular flexibility index (Phi) is 3.69. The molecule has 144 valence electrons. The third-order valence-electron chi connectivity index (χ3n) is 6.67. The predicted molar refractivity (Wildman–Crippen MR) is 103 cm³/mol. The lowest BCUT2D eigenvalue weighted by atomic mass is 9.48. The minimum absolute atomic E-state index is 0.00130. The van der Waals surface area contributed by atoms with Gasteiger partial charge in [-0.15, -0.1) is 0 Å². The Labute approximate surface area is 164 Å². The second-order valence-corrected chi connectivity index (χ2v) is 8.83. The Morgan fingerprint density at radius 3 is 2.68 bits per heavy atom. The summed E-state index contributed by atoms with van der Waals surface area (Å²) in [5, 5.41) is 17.1. The average molecular weight is 376 g/mol. The molecule has 28 heavy (non-hydrogen) atoms. The number of aromatic amines is 1. The number of nitrogens with one attached hydrogen (secondary N) is 1. The molecule has 1 amide bonds. The summed E-state index contributed by atoms with van der Waals surface area (Å²) in [6, 6.07) is 12.6. The maximum Gasteiger partial charge on any atom is 0.274 e. The van der Waals surface area contributed by atoms with E-state index >= 15 is 0 Å². The molecule has 3 aliphatic rings. The van der Waals surface area contributed by atoms with Crippen molar-refractivity contribution in [3.8, 4) is 6.07 Å². The molecule has 1 aromatic carbocycles. The third-order valence-corrected chi connectivity index (χ3v) is 6.67. The Bertz CT molecular complexity index is 960. The van der Waals surface area contributed by atoms with Gasteiger partial charge in [-0.2, -0.15) is 10.4 Å². The molecule has 6 nitrogen and oxygen atoms in total. The molecule has 1 aromatic heterocycles. The van der Waals surface area contributed by atoms with Crippen molar-refractivity contribution in [3.05, 3.63) is 52.8 Å². The zero-order chi connectivity index (χ0) is 19.5. The van der Waals surface area contributed by atoms with Crippen LogP contribution in [-0.2, 0) is 16.6 Å². The van der Waals surface area contributed by atoms with Gasteiger partial charge in [0.25, 0.3) is 5.91 Å². The van der Waals surface area contributed by atoms with Crippen molar-refractivity contribution in [1.29, 1.82) is 5.26 Å². The molecular weight excluding hydrogens is 352 g/mol. The fourth-order valence-corrected chi connectivity index (χ4v) is 5.46. The fourth-order valence-electron chi connectivity index (χ4n) is 5.46. The molecule has 1 aliphatic carbocycles. The first-order chi connectivity index (χ1) is 13.5. The molecule has 0 unspecified atom stereocenters. The third kappa shape index (κ3) is 2.43. The quantitative estimate of drug-likeness (QED) is 0.873. The molecule has 5 rings (SSSR count). The van der Waals surface area contributed by atoms with E-state index in [0.29, 0.717) is 25.2 Å². The van der Waals surface area contributed by atoms with Gasteiger partial charge in [0.15, 0.2) is 5.69 Å². The van der Waals surface area contributed by atoms with Crippen LogP contribution in [0.4, 0.5) is 0 Å². The van der Waals surface area contributed by atoms with Gasteiger partial charge >= 0.3 is 0 Å². The van der Waals surface area contributed by atoms with Crippen LogP contribution in [0.3, 0.4) is 0 Å². The summed E-state index contributed by atoms with van der Waals surface area (Å²) in [5.74, 6) is -0.00130. The van der Waals surface area contributed by atoms with Gasteiger partial charge in [0, 0.05) is 30.5 Å². The van der Waals surface area contributed by atoms with Crippen LogP contribution < -0.4 is 0 Å².